The summed E-state index contributed by atoms with van der Waals surface area (Å²) in [5.41, 5.74) is 1.26. The molecule has 1 N–H and O–H groups in total. The fourth-order valence-electron chi connectivity index (χ4n) is 1.47. The first kappa shape index (κ1) is 14.0. The fraction of sp³-hybridized carbons (Fsp3) is 0.571. The van der Waals surface area contributed by atoms with Gasteiger partial charge in [-0.3, -0.25) is 0 Å². The van der Waals surface area contributed by atoms with Crippen LogP contribution >= 0.6 is 0 Å². The summed E-state index contributed by atoms with van der Waals surface area (Å²) in [5.74, 6) is 0.930. The third-order valence-electron chi connectivity index (χ3n) is 2.29. The Morgan fingerprint density at radius 3 is 2.47 bits per heavy atom. The molecule has 96 valence electrons. The Morgan fingerprint density at radius 2 is 1.88 bits per heavy atom. The molecule has 0 fully saturated rings. The minimum Gasteiger partial charge on any atom is -0.494 e. The first-order valence-electron chi connectivity index (χ1n) is 6.26. The van der Waals surface area contributed by atoms with Crippen LogP contribution in [0.4, 0.5) is 0 Å². The molecule has 0 atom stereocenters. The van der Waals surface area contributed by atoms with Crippen LogP contribution in [-0.4, -0.2) is 25.9 Å². The second kappa shape index (κ2) is 8.09. The number of benzene rings is 1. The van der Waals surface area contributed by atoms with Crippen LogP contribution in [0.15, 0.2) is 24.3 Å². The first-order valence-corrected chi connectivity index (χ1v) is 6.26. The molecule has 1 aromatic rings. The van der Waals surface area contributed by atoms with E-state index in [4.69, 9.17) is 9.47 Å². The largest absolute Gasteiger partial charge is 0.494 e. The lowest BCUT2D eigenvalue weighted by atomic mass is 10.2. The molecule has 1 aromatic carbocycles. The summed E-state index contributed by atoms with van der Waals surface area (Å²) in [7, 11) is 0. The monoisotopic (exact) mass is 237 g/mol. The van der Waals surface area contributed by atoms with E-state index in [-0.39, 0.29) is 0 Å². The predicted octanol–water partition coefficient (Wildman–Crippen LogP) is 2.60. The third-order valence-corrected chi connectivity index (χ3v) is 2.29. The Balaban J connectivity index is 2.18. The van der Waals surface area contributed by atoms with Gasteiger partial charge in [-0.25, -0.2) is 0 Å². The Labute approximate surface area is 104 Å². The predicted molar refractivity (Wildman–Crippen MR) is 70.4 cm³/mol. The number of nitrogens with one attached hydrogen (secondary N) is 1. The van der Waals surface area contributed by atoms with Crippen molar-refractivity contribution in [1.82, 2.24) is 5.32 Å². The van der Waals surface area contributed by atoms with Gasteiger partial charge in [-0.05, 0) is 38.5 Å². The number of ether oxygens (including phenoxy) is 2. The molecule has 0 aliphatic rings. The highest BCUT2D eigenvalue weighted by Crippen LogP contribution is 2.11. The molecule has 0 aliphatic heterocycles. The molecule has 17 heavy (non-hydrogen) atoms. The smallest absolute Gasteiger partial charge is 0.119 e. The fourth-order valence-corrected chi connectivity index (χ4v) is 1.47. The lowest BCUT2D eigenvalue weighted by molar-refractivity contribution is 0.0807. The normalized spacial score (nSPS) is 10.8. The quantitative estimate of drug-likeness (QED) is 0.705. The van der Waals surface area contributed by atoms with Crippen molar-refractivity contribution in [2.45, 2.75) is 33.4 Å². The average molecular weight is 237 g/mol. The van der Waals surface area contributed by atoms with Crippen LogP contribution in [0, 0.1) is 0 Å². The van der Waals surface area contributed by atoms with Crippen LogP contribution in [0.5, 0.6) is 5.75 Å². The number of hydrogen-bond donors (Lipinski definition) is 1. The summed E-state index contributed by atoms with van der Waals surface area (Å²) < 4.78 is 10.8. The van der Waals surface area contributed by atoms with E-state index < -0.39 is 0 Å². The molecule has 0 amide bonds. The van der Waals surface area contributed by atoms with Gasteiger partial charge in [-0.1, -0.05) is 12.1 Å². The van der Waals surface area contributed by atoms with Gasteiger partial charge in [-0.15, -0.1) is 0 Å². The summed E-state index contributed by atoms with van der Waals surface area (Å²) in [6.45, 7) is 9.31. The van der Waals surface area contributed by atoms with E-state index in [1.54, 1.807) is 0 Å². The molecular weight excluding hydrogens is 214 g/mol. The van der Waals surface area contributed by atoms with Crippen LogP contribution in [0.3, 0.4) is 0 Å². The van der Waals surface area contributed by atoms with Crippen LogP contribution in [-0.2, 0) is 11.3 Å². The maximum absolute atomic E-state index is 5.45. The molecule has 0 aromatic heterocycles. The van der Waals surface area contributed by atoms with Crippen molar-refractivity contribution in [2.75, 3.05) is 19.8 Å². The first-order chi connectivity index (χ1) is 8.22. The van der Waals surface area contributed by atoms with Crippen molar-refractivity contribution in [2.24, 2.45) is 0 Å². The molecular formula is C14H23NO2. The van der Waals surface area contributed by atoms with Gasteiger partial charge in [0.15, 0.2) is 0 Å². The van der Waals surface area contributed by atoms with Crippen molar-refractivity contribution >= 4 is 0 Å². The van der Waals surface area contributed by atoms with E-state index in [1.165, 1.54) is 5.56 Å². The Bertz CT molecular complexity index is 296. The molecule has 0 heterocycles. The van der Waals surface area contributed by atoms with E-state index in [0.717, 1.165) is 25.4 Å². The number of rotatable bonds is 8. The molecule has 0 saturated carbocycles. The highest BCUT2D eigenvalue weighted by molar-refractivity contribution is 5.27. The molecule has 0 spiro atoms. The number of hydrogen-bond acceptors (Lipinski definition) is 3. The zero-order valence-corrected chi connectivity index (χ0v) is 11.0. The summed E-state index contributed by atoms with van der Waals surface area (Å²) >= 11 is 0. The molecule has 3 nitrogen and oxygen atoms in total. The maximum Gasteiger partial charge on any atom is 0.119 e. The molecule has 0 bridgehead atoms. The Kier molecular flexibility index (Phi) is 6.67. The SMILES string of the molecule is CCOc1ccc(CNCCOC(C)C)cc1. The van der Waals surface area contributed by atoms with Gasteiger partial charge in [0.05, 0.1) is 19.3 Å². The summed E-state index contributed by atoms with van der Waals surface area (Å²) in [6, 6.07) is 8.18. The molecule has 0 radical (unpaired) electrons. The second-order valence-electron chi connectivity index (χ2n) is 4.17. The highest BCUT2D eigenvalue weighted by atomic mass is 16.5. The molecule has 0 saturated heterocycles. The summed E-state index contributed by atoms with van der Waals surface area (Å²) in [5, 5.41) is 3.34. The van der Waals surface area contributed by atoms with Crippen molar-refractivity contribution in [1.29, 1.82) is 0 Å². The van der Waals surface area contributed by atoms with Gasteiger partial charge in [0.2, 0.25) is 0 Å². The zero-order chi connectivity index (χ0) is 12.5. The van der Waals surface area contributed by atoms with E-state index >= 15 is 0 Å². The van der Waals surface area contributed by atoms with Gasteiger partial charge in [0.1, 0.15) is 5.75 Å². The Morgan fingerprint density at radius 1 is 1.18 bits per heavy atom. The van der Waals surface area contributed by atoms with E-state index in [9.17, 15) is 0 Å². The molecule has 0 aliphatic carbocycles. The lowest BCUT2D eigenvalue weighted by Gasteiger charge is -2.09. The van der Waals surface area contributed by atoms with E-state index in [1.807, 2.05) is 32.9 Å². The van der Waals surface area contributed by atoms with Crippen LogP contribution in [0.1, 0.15) is 26.3 Å². The lowest BCUT2D eigenvalue weighted by Crippen LogP contribution is -2.20. The molecule has 0 unspecified atom stereocenters. The topological polar surface area (TPSA) is 30.5 Å². The second-order valence-corrected chi connectivity index (χ2v) is 4.17. The van der Waals surface area contributed by atoms with Gasteiger partial charge in [0.25, 0.3) is 0 Å². The van der Waals surface area contributed by atoms with Crippen molar-refractivity contribution in [3.05, 3.63) is 29.8 Å². The van der Waals surface area contributed by atoms with Crippen LogP contribution in [0.25, 0.3) is 0 Å². The van der Waals surface area contributed by atoms with Gasteiger partial charge < -0.3 is 14.8 Å². The summed E-state index contributed by atoms with van der Waals surface area (Å²) in [4.78, 5) is 0. The molecule has 1 rings (SSSR count). The van der Waals surface area contributed by atoms with Gasteiger partial charge in [-0.2, -0.15) is 0 Å². The maximum atomic E-state index is 5.45. The standard InChI is InChI=1S/C14H23NO2/c1-4-16-14-7-5-13(6-8-14)11-15-9-10-17-12(2)3/h5-8,12,15H,4,9-11H2,1-3H3. The molecule has 3 heteroatoms. The minimum atomic E-state index is 0.308. The van der Waals surface area contributed by atoms with Crippen molar-refractivity contribution < 1.29 is 9.47 Å². The van der Waals surface area contributed by atoms with Gasteiger partial charge in [0, 0.05) is 13.1 Å². The zero-order valence-electron chi connectivity index (χ0n) is 11.0. The average Bonchev–Trinajstić information content (AvgIpc) is 2.31. The highest BCUT2D eigenvalue weighted by Gasteiger charge is 1.96. The minimum absolute atomic E-state index is 0.308. The van der Waals surface area contributed by atoms with Crippen molar-refractivity contribution in [3.63, 3.8) is 0 Å². The Hall–Kier alpha value is -1.06. The van der Waals surface area contributed by atoms with Crippen LogP contribution < -0.4 is 10.1 Å². The van der Waals surface area contributed by atoms with Crippen LogP contribution in [0.2, 0.25) is 0 Å². The third kappa shape index (κ3) is 6.29. The summed E-state index contributed by atoms with van der Waals surface area (Å²) in [6.07, 6.45) is 0.308. The van der Waals surface area contributed by atoms with Gasteiger partial charge >= 0.3 is 0 Å². The van der Waals surface area contributed by atoms with E-state index in [0.29, 0.717) is 12.7 Å². The van der Waals surface area contributed by atoms with Crippen molar-refractivity contribution in [3.8, 4) is 5.75 Å². The van der Waals surface area contributed by atoms with E-state index in [2.05, 4.69) is 17.4 Å².